The minimum atomic E-state index is -0.375. The molecule has 1 fully saturated rings. The van der Waals surface area contributed by atoms with Gasteiger partial charge in [-0.3, -0.25) is 15.0 Å². The second-order valence-corrected chi connectivity index (χ2v) is 4.71. The van der Waals surface area contributed by atoms with Gasteiger partial charge in [0.2, 0.25) is 0 Å². The molecule has 1 atom stereocenters. The van der Waals surface area contributed by atoms with E-state index in [1.54, 1.807) is 0 Å². The van der Waals surface area contributed by atoms with Crippen LogP contribution in [0.5, 0.6) is 5.75 Å². The predicted octanol–water partition coefficient (Wildman–Crippen LogP) is 2.50. The summed E-state index contributed by atoms with van der Waals surface area (Å²) in [4.78, 5) is 13.0. The fraction of sp³-hybridized carbons (Fsp3) is 0.538. The molecule has 8 heteroatoms. The zero-order chi connectivity index (χ0) is 13.8. The van der Waals surface area contributed by atoms with Crippen molar-refractivity contribution in [2.75, 3.05) is 26.2 Å². The second kappa shape index (κ2) is 9.04. The maximum Gasteiger partial charge on any atom is 0.274 e. The number of phenolic OH excluding ortho intramolecular Hbond substituents is 1. The molecule has 1 saturated heterocycles. The number of piperazine rings is 1. The molecule has 1 aliphatic heterocycles. The summed E-state index contributed by atoms with van der Waals surface area (Å²) in [6.45, 7) is 5.53. The number of hydrogen-bond acceptors (Lipinski definition) is 5. The van der Waals surface area contributed by atoms with Gasteiger partial charge in [0.25, 0.3) is 5.69 Å². The summed E-state index contributed by atoms with van der Waals surface area (Å²) in [7, 11) is 0. The van der Waals surface area contributed by atoms with Gasteiger partial charge in [-0.05, 0) is 18.6 Å². The summed E-state index contributed by atoms with van der Waals surface area (Å²) < 4.78 is 0. The number of halogens is 2. The highest BCUT2D eigenvalue weighted by Crippen LogP contribution is 2.34. The summed E-state index contributed by atoms with van der Waals surface area (Å²) >= 11 is 0. The fourth-order valence-electron chi connectivity index (χ4n) is 2.64. The van der Waals surface area contributed by atoms with Gasteiger partial charge in [0.15, 0.2) is 0 Å². The first-order valence-electron chi connectivity index (χ1n) is 6.55. The number of aromatic hydroxyl groups is 1. The average Bonchev–Trinajstić information content (AvgIpc) is 2.40. The van der Waals surface area contributed by atoms with Crippen LogP contribution in [-0.4, -0.2) is 41.1 Å². The Morgan fingerprint density at radius 3 is 2.52 bits per heavy atom. The maximum atomic E-state index is 11.1. The minimum absolute atomic E-state index is 0. The standard InChI is InChI=1S/C13H19N3O3.2ClH/c1-2-12(15-7-5-14-6-8-15)11-9-10(17)3-4-13(11)16(18)19;;/h3-4,9,12,14,17H,2,5-8H2,1H3;2*1H/t12-;;/m1../s1. The monoisotopic (exact) mass is 337 g/mol. The third-order valence-electron chi connectivity index (χ3n) is 3.55. The molecule has 1 heterocycles. The van der Waals surface area contributed by atoms with Crippen LogP contribution in [-0.2, 0) is 0 Å². The van der Waals surface area contributed by atoms with Crippen molar-refractivity contribution >= 4 is 30.5 Å². The normalized spacial score (nSPS) is 16.4. The summed E-state index contributed by atoms with van der Waals surface area (Å²) in [5.74, 6) is 0.0779. The first kappa shape index (κ1) is 19.9. The molecule has 0 unspecified atom stereocenters. The zero-order valence-electron chi connectivity index (χ0n) is 11.8. The highest BCUT2D eigenvalue weighted by atomic mass is 35.5. The number of hydrogen-bond donors (Lipinski definition) is 2. The molecule has 0 aromatic heterocycles. The van der Waals surface area contributed by atoms with Crippen LogP contribution < -0.4 is 5.32 Å². The Bertz CT molecular complexity index is 468. The van der Waals surface area contributed by atoms with Crippen molar-refractivity contribution < 1.29 is 10.0 Å². The number of nitrogens with one attached hydrogen (secondary N) is 1. The van der Waals surface area contributed by atoms with Crippen molar-refractivity contribution in [3.05, 3.63) is 33.9 Å². The predicted molar refractivity (Wildman–Crippen MR) is 86.7 cm³/mol. The second-order valence-electron chi connectivity index (χ2n) is 4.71. The van der Waals surface area contributed by atoms with Crippen LogP contribution in [0.4, 0.5) is 5.69 Å². The first-order chi connectivity index (χ1) is 9.13. The van der Waals surface area contributed by atoms with Crippen molar-refractivity contribution in [2.45, 2.75) is 19.4 Å². The van der Waals surface area contributed by atoms with E-state index in [9.17, 15) is 15.2 Å². The number of phenols is 1. The number of nitro groups is 1. The first-order valence-corrected chi connectivity index (χ1v) is 6.55. The molecule has 120 valence electrons. The van der Waals surface area contributed by atoms with E-state index in [0.29, 0.717) is 5.56 Å². The third-order valence-corrected chi connectivity index (χ3v) is 3.55. The highest BCUT2D eigenvalue weighted by Gasteiger charge is 2.27. The molecule has 0 saturated carbocycles. The molecule has 21 heavy (non-hydrogen) atoms. The lowest BCUT2D eigenvalue weighted by Crippen LogP contribution is -2.45. The van der Waals surface area contributed by atoms with Crippen LogP contribution in [0.25, 0.3) is 0 Å². The lowest BCUT2D eigenvalue weighted by Gasteiger charge is -2.34. The summed E-state index contributed by atoms with van der Waals surface area (Å²) in [6, 6.07) is 4.25. The Balaban J connectivity index is 0.00000200. The molecule has 1 aliphatic rings. The van der Waals surface area contributed by atoms with E-state index in [1.807, 2.05) is 6.92 Å². The Labute approximate surface area is 136 Å². The fourth-order valence-corrected chi connectivity index (χ4v) is 2.64. The van der Waals surface area contributed by atoms with Crippen molar-refractivity contribution in [3.8, 4) is 5.75 Å². The topological polar surface area (TPSA) is 78.6 Å². The zero-order valence-corrected chi connectivity index (χ0v) is 13.5. The Kier molecular flexibility index (Phi) is 8.58. The van der Waals surface area contributed by atoms with Gasteiger partial charge in [0, 0.05) is 38.3 Å². The molecular formula is C13H21Cl2N3O3. The van der Waals surface area contributed by atoms with Gasteiger partial charge in [0.1, 0.15) is 5.75 Å². The van der Waals surface area contributed by atoms with Crippen LogP contribution in [0.2, 0.25) is 0 Å². The van der Waals surface area contributed by atoms with E-state index in [0.717, 1.165) is 32.6 Å². The molecule has 0 aliphatic carbocycles. The SMILES string of the molecule is CC[C@H](c1cc(O)ccc1[N+](=O)[O-])N1CCNCC1.Cl.Cl. The number of rotatable bonds is 4. The van der Waals surface area contributed by atoms with Gasteiger partial charge >= 0.3 is 0 Å². The smallest absolute Gasteiger partial charge is 0.274 e. The number of nitro benzene ring substituents is 1. The van der Waals surface area contributed by atoms with Crippen molar-refractivity contribution in [1.29, 1.82) is 0 Å². The van der Waals surface area contributed by atoms with E-state index >= 15 is 0 Å². The van der Waals surface area contributed by atoms with Crippen LogP contribution in [0.1, 0.15) is 24.9 Å². The van der Waals surface area contributed by atoms with Crippen LogP contribution >= 0.6 is 24.8 Å². The van der Waals surface area contributed by atoms with Gasteiger partial charge < -0.3 is 10.4 Å². The van der Waals surface area contributed by atoms with Gasteiger partial charge in [-0.15, -0.1) is 24.8 Å². The highest BCUT2D eigenvalue weighted by molar-refractivity contribution is 5.85. The van der Waals surface area contributed by atoms with Crippen LogP contribution in [0.15, 0.2) is 18.2 Å². The largest absolute Gasteiger partial charge is 0.508 e. The van der Waals surface area contributed by atoms with Gasteiger partial charge in [-0.1, -0.05) is 6.92 Å². The molecule has 2 rings (SSSR count). The van der Waals surface area contributed by atoms with Crippen LogP contribution in [0.3, 0.4) is 0 Å². The Morgan fingerprint density at radius 1 is 1.38 bits per heavy atom. The van der Waals surface area contributed by atoms with Gasteiger partial charge in [-0.2, -0.15) is 0 Å². The molecular weight excluding hydrogens is 317 g/mol. The quantitative estimate of drug-likeness (QED) is 0.651. The third kappa shape index (κ3) is 4.71. The molecule has 0 radical (unpaired) electrons. The van der Waals surface area contributed by atoms with Crippen molar-refractivity contribution in [2.24, 2.45) is 0 Å². The summed E-state index contributed by atoms with van der Waals surface area (Å²) in [6.07, 6.45) is 0.782. The summed E-state index contributed by atoms with van der Waals surface area (Å²) in [5, 5.41) is 24.0. The minimum Gasteiger partial charge on any atom is -0.508 e. The van der Waals surface area contributed by atoms with Crippen molar-refractivity contribution in [1.82, 2.24) is 10.2 Å². The molecule has 2 N–H and O–H groups in total. The molecule has 0 spiro atoms. The molecule has 0 bridgehead atoms. The Hall–Kier alpha value is -1.08. The molecule has 0 amide bonds. The van der Waals surface area contributed by atoms with E-state index in [1.165, 1.54) is 18.2 Å². The average molecular weight is 338 g/mol. The van der Waals surface area contributed by atoms with Gasteiger partial charge in [0.05, 0.1) is 10.5 Å². The van der Waals surface area contributed by atoms with E-state index in [4.69, 9.17) is 0 Å². The maximum absolute atomic E-state index is 11.1. The lowest BCUT2D eigenvalue weighted by molar-refractivity contribution is -0.386. The summed E-state index contributed by atoms with van der Waals surface area (Å²) in [5.41, 5.74) is 0.692. The Morgan fingerprint density at radius 2 is 2.00 bits per heavy atom. The number of benzene rings is 1. The lowest BCUT2D eigenvalue weighted by atomic mass is 9.99. The van der Waals surface area contributed by atoms with E-state index < -0.39 is 0 Å². The number of nitrogens with zero attached hydrogens (tertiary/aromatic N) is 2. The molecule has 1 aromatic rings. The van der Waals surface area contributed by atoms with E-state index in [-0.39, 0.29) is 47.2 Å². The van der Waals surface area contributed by atoms with Crippen LogP contribution in [0, 0.1) is 10.1 Å². The van der Waals surface area contributed by atoms with E-state index in [2.05, 4.69) is 10.2 Å². The molecule has 6 nitrogen and oxygen atoms in total. The molecule has 1 aromatic carbocycles. The van der Waals surface area contributed by atoms with Gasteiger partial charge in [-0.25, -0.2) is 0 Å². The van der Waals surface area contributed by atoms with Crippen molar-refractivity contribution in [3.63, 3.8) is 0 Å².